The number of anilines is 1. The summed E-state index contributed by atoms with van der Waals surface area (Å²) >= 11 is 0. The summed E-state index contributed by atoms with van der Waals surface area (Å²) in [5.74, 6) is 0.0424. The molecule has 2 rings (SSSR count). The molecule has 1 fully saturated rings. The second-order valence-electron chi connectivity index (χ2n) is 5.44. The van der Waals surface area contributed by atoms with Gasteiger partial charge in [0, 0.05) is 31.3 Å². The number of carbonyl (C=O) groups is 2. The molecule has 0 atom stereocenters. The lowest BCUT2D eigenvalue weighted by Crippen LogP contribution is -2.38. The number of nitrogens with two attached hydrogens (primary N) is 2. The van der Waals surface area contributed by atoms with Crippen LogP contribution in [0.1, 0.15) is 24.8 Å². The third-order valence-corrected chi connectivity index (χ3v) is 3.75. The van der Waals surface area contributed by atoms with E-state index in [1.54, 1.807) is 17.1 Å². The number of primary amides is 1. The van der Waals surface area contributed by atoms with Gasteiger partial charge in [-0.3, -0.25) is 9.59 Å². The summed E-state index contributed by atoms with van der Waals surface area (Å²) in [7, 11) is 0. The van der Waals surface area contributed by atoms with Gasteiger partial charge in [0.25, 0.3) is 0 Å². The Morgan fingerprint density at radius 1 is 1.29 bits per heavy atom. The third-order valence-electron chi connectivity index (χ3n) is 3.75. The lowest BCUT2D eigenvalue weighted by atomic mass is 9.93. The van der Waals surface area contributed by atoms with Crippen LogP contribution in [0.4, 0.5) is 5.69 Å². The smallest absolute Gasteiger partial charge is 0.246 e. The predicted molar refractivity (Wildman–Crippen MR) is 83.0 cm³/mol. The molecule has 0 radical (unpaired) electrons. The Kier molecular flexibility index (Phi) is 4.98. The van der Waals surface area contributed by atoms with Crippen LogP contribution >= 0.6 is 0 Å². The predicted octanol–water partition coefficient (Wildman–Crippen LogP) is 1.40. The Morgan fingerprint density at radius 3 is 2.62 bits per heavy atom. The van der Waals surface area contributed by atoms with Crippen LogP contribution in [0.3, 0.4) is 0 Å². The molecule has 1 aromatic carbocycles. The van der Waals surface area contributed by atoms with Gasteiger partial charge in [0.05, 0.1) is 0 Å². The number of benzene rings is 1. The highest BCUT2D eigenvalue weighted by atomic mass is 16.2. The van der Waals surface area contributed by atoms with E-state index in [0.717, 1.165) is 18.4 Å². The number of nitrogen functional groups attached to an aromatic ring is 1. The number of piperidine rings is 1. The molecule has 1 aromatic rings. The van der Waals surface area contributed by atoms with Crippen molar-refractivity contribution in [2.24, 2.45) is 11.7 Å². The largest absolute Gasteiger partial charge is 0.399 e. The van der Waals surface area contributed by atoms with E-state index in [0.29, 0.717) is 31.1 Å². The first-order valence-corrected chi connectivity index (χ1v) is 7.15. The number of nitrogens with zero attached hydrogens (tertiary/aromatic N) is 1. The molecular formula is C16H21N3O2. The number of amides is 2. The van der Waals surface area contributed by atoms with Crippen molar-refractivity contribution in [3.8, 4) is 0 Å². The van der Waals surface area contributed by atoms with Crippen molar-refractivity contribution < 1.29 is 9.59 Å². The molecule has 0 bridgehead atoms. The number of carbonyl (C=O) groups excluding carboxylic acids is 2. The van der Waals surface area contributed by atoms with E-state index >= 15 is 0 Å². The second kappa shape index (κ2) is 6.92. The summed E-state index contributed by atoms with van der Waals surface area (Å²) in [6, 6.07) is 7.39. The monoisotopic (exact) mass is 287 g/mol. The molecule has 112 valence electrons. The molecule has 1 aliphatic heterocycles. The van der Waals surface area contributed by atoms with E-state index < -0.39 is 0 Å². The van der Waals surface area contributed by atoms with Crippen LogP contribution in [0.5, 0.6) is 0 Å². The molecule has 0 aromatic heterocycles. The first-order chi connectivity index (χ1) is 10.0. The molecule has 5 nitrogen and oxygen atoms in total. The summed E-state index contributed by atoms with van der Waals surface area (Å²) in [6.45, 7) is 1.36. The number of rotatable bonds is 4. The molecule has 5 heteroatoms. The summed E-state index contributed by atoms with van der Waals surface area (Å²) in [5.41, 5.74) is 12.5. The van der Waals surface area contributed by atoms with Crippen LogP contribution in [0, 0.1) is 5.92 Å². The first-order valence-electron chi connectivity index (χ1n) is 7.15. The standard InChI is InChI=1S/C16H21N3O2/c17-14-3-1-2-12(10-14)4-5-16(21)19-8-6-13(7-9-19)11-15(18)20/h1-5,10,13H,6-9,11,17H2,(H2,18,20)/b5-4+. The molecule has 1 aliphatic rings. The third kappa shape index (κ3) is 4.63. The van der Waals surface area contributed by atoms with Crippen LogP contribution in [-0.2, 0) is 9.59 Å². The molecule has 21 heavy (non-hydrogen) atoms. The minimum atomic E-state index is -0.263. The quantitative estimate of drug-likeness (QED) is 0.648. The van der Waals surface area contributed by atoms with Gasteiger partial charge in [0.15, 0.2) is 0 Å². The maximum absolute atomic E-state index is 12.1. The van der Waals surface area contributed by atoms with Gasteiger partial charge in [0.1, 0.15) is 0 Å². The van der Waals surface area contributed by atoms with Gasteiger partial charge >= 0.3 is 0 Å². The summed E-state index contributed by atoms with van der Waals surface area (Å²) in [4.78, 5) is 24.8. The van der Waals surface area contributed by atoms with Gasteiger partial charge in [-0.05, 0) is 42.5 Å². The van der Waals surface area contributed by atoms with Crippen molar-refractivity contribution in [2.75, 3.05) is 18.8 Å². The topological polar surface area (TPSA) is 89.4 Å². The lowest BCUT2D eigenvalue weighted by molar-refractivity contribution is -0.127. The lowest BCUT2D eigenvalue weighted by Gasteiger charge is -2.30. The second-order valence-corrected chi connectivity index (χ2v) is 5.44. The van der Waals surface area contributed by atoms with Crippen LogP contribution < -0.4 is 11.5 Å². The van der Waals surface area contributed by atoms with Crippen molar-refractivity contribution in [3.63, 3.8) is 0 Å². The Bertz CT molecular complexity index is 546. The van der Waals surface area contributed by atoms with Crippen molar-refractivity contribution >= 4 is 23.6 Å². The Hall–Kier alpha value is -2.30. The molecular weight excluding hydrogens is 266 g/mol. The Morgan fingerprint density at radius 2 is 2.00 bits per heavy atom. The van der Waals surface area contributed by atoms with Crippen molar-refractivity contribution in [1.29, 1.82) is 0 Å². The van der Waals surface area contributed by atoms with E-state index in [2.05, 4.69) is 0 Å². The van der Waals surface area contributed by atoms with Gasteiger partial charge in [-0.1, -0.05) is 12.1 Å². The van der Waals surface area contributed by atoms with Crippen LogP contribution in [-0.4, -0.2) is 29.8 Å². The minimum absolute atomic E-state index is 0.00468. The van der Waals surface area contributed by atoms with Crippen LogP contribution in [0.25, 0.3) is 6.08 Å². The SMILES string of the molecule is NC(=O)CC1CCN(C(=O)/C=C/c2cccc(N)c2)CC1. The summed E-state index contributed by atoms with van der Waals surface area (Å²) < 4.78 is 0. The van der Waals surface area contributed by atoms with Crippen molar-refractivity contribution in [1.82, 2.24) is 4.90 Å². The molecule has 1 saturated heterocycles. The summed E-state index contributed by atoms with van der Waals surface area (Å²) in [5, 5.41) is 0. The van der Waals surface area contributed by atoms with E-state index in [1.165, 1.54) is 0 Å². The average Bonchev–Trinajstić information content (AvgIpc) is 2.45. The molecule has 0 unspecified atom stereocenters. The zero-order chi connectivity index (χ0) is 15.2. The number of hydrogen-bond acceptors (Lipinski definition) is 3. The minimum Gasteiger partial charge on any atom is -0.399 e. The maximum Gasteiger partial charge on any atom is 0.246 e. The van der Waals surface area contributed by atoms with Crippen molar-refractivity contribution in [3.05, 3.63) is 35.9 Å². The molecule has 4 N–H and O–H groups in total. The fourth-order valence-electron chi connectivity index (χ4n) is 2.58. The van der Waals surface area contributed by atoms with Gasteiger partial charge in [0.2, 0.25) is 11.8 Å². The number of hydrogen-bond donors (Lipinski definition) is 2. The Balaban J connectivity index is 1.86. The average molecular weight is 287 g/mol. The van der Waals surface area contributed by atoms with E-state index in [1.807, 2.05) is 24.3 Å². The highest BCUT2D eigenvalue weighted by Crippen LogP contribution is 2.20. The normalized spacial score (nSPS) is 16.3. The first kappa shape index (κ1) is 15.1. The summed E-state index contributed by atoms with van der Waals surface area (Å²) in [6.07, 6.45) is 5.43. The van der Waals surface area contributed by atoms with Gasteiger partial charge in [-0.25, -0.2) is 0 Å². The van der Waals surface area contributed by atoms with E-state index in [-0.39, 0.29) is 11.8 Å². The fourth-order valence-corrected chi connectivity index (χ4v) is 2.58. The highest BCUT2D eigenvalue weighted by molar-refractivity contribution is 5.92. The van der Waals surface area contributed by atoms with E-state index in [4.69, 9.17) is 11.5 Å². The van der Waals surface area contributed by atoms with Gasteiger partial charge < -0.3 is 16.4 Å². The molecule has 1 heterocycles. The van der Waals surface area contributed by atoms with Crippen LogP contribution in [0.2, 0.25) is 0 Å². The molecule has 0 saturated carbocycles. The molecule has 0 spiro atoms. The zero-order valence-electron chi connectivity index (χ0n) is 12.0. The van der Waals surface area contributed by atoms with Crippen molar-refractivity contribution in [2.45, 2.75) is 19.3 Å². The number of likely N-dealkylation sites (tertiary alicyclic amines) is 1. The maximum atomic E-state index is 12.1. The van der Waals surface area contributed by atoms with Crippen LogP contribution in [0.15, 0.2) is 30.3 Å². The van der Waals surface area contributed by atoms with E-state index in [9.17, 15) is 9.59 Å². The highest BCUT2D eigenvalue weighted by Gasteiger charge is 2.22. The van der Waals surface area contributed by atoms with Gasteiger partial charge in [-0.2, -0.15) is 0 Å². The Labute approximate surface area is 124 Å². The molecule has 0 aliphatic carbocycles. The fraction of sp³-hybridized carbons (Fsp3) is 0.375. The zero-order valence-corrected chi connectivity index (χ0v) is 12.0. The van der Waals surface area contributed by atoms with Gasteiger partial charge in [-0.15, -0.1) is 0 Å². The molecule has 2 amide bonds.